The van der Waals surface area contributed by atoms with E-state index in [1.807, 2.05) is 0 Å². The molecule has 0 unspecified atom stereocenters. The van der Waals surface area contributed by atoms with Crippen LogP contribution in [0, 0.1) is 0 Å². The minimum Gasteiger partial charge on any atom is -0.492 e. The highest BCUT2D eigenvalue weighted by Crippen LogP contribution is 2.22. The lowest BCUT2D eigenvalue weighted by Crippen LogP contribution is -2.35. The molecule has 3 rings (SSSR count). The first-order valence-electron chi connectivity index (χ1n) is 10.3. The van der Waals surface area contributed by atoms with Crippen molar-refractivity contribution >= 4 is 31.6 Å². The van der Waals surface area contributed by atoms with E-state index in [2.05, 4.69) is 10.0 Å². The van der Waals surface area contributed by atoms with E-state index < -0.39 is 20.0 Å². The van der Waals surface area contributed by atoms with Crippen molar-refractivity contribution in [3.05, 3.63) is 48.5 Å². The van der Waals surface area contributed by atoms with Gasteiger partial charge in [-0.2, -0.15) is 4.31 Å². The lowest BCUT2D eigenvalue weighted by molar-refractivity contribution is -0.114. The number of nitrogens with zero attached hydrogens (tertiary/aromatic N) is 1. The minimum absolute atomic E-state index is 0.0314. The van der Waals surface area contributed by atoms with Crippen molar-refractivity contribution in [1.29, 1.82) is 0 Å². The van der Waals surface area contributed by atoms with Crippen LogP contribution in [-0.4, -0.2) is 53.3 Å². The number of carbonyl (C=O) groups is 1. The van der Waals surface area contributed by atoms with Crippen LogP contribution in [0.25, 0.3) is 0 Å². The molecule has 1 amide bonds. The second kappa shape index (κ2) is 10.4. The van der Waals surface area contributed by atoms with Crippen molar-refractivity contribution in [1.82, 2.24) is 9.03 Å². The van der Waals surface area contributed by atoms with E-state index in [-0.39, 0.29) is 28.8 Å². The molecule has 1 aliphatic rings. The number of anilines is 1. The Hall–Kier alpha value is -2.47. The van der Waals surface area contributed by atoms with E-state index in [1.165, 1.54) is 47.6 Å². The highest BCUT2D eigenvalue weighted by molar-refractivity contribution is 7.89. The average molecular weight is 482 g/mol. The Morgan fingerprint density at radius 1 is 0.906 bits per heavy atom. The van der Waals surface area contributed by atoms with E-state index in [9.17, 15) is 21.6 Å². The number of ether oxygens (including phenoxy) is 1. The second-order valence-electron chi connectivity index (χ2n) is 7.39. The lowest BCUT2D eigenvalue weighted by Gasteiger charge is -2.25. The van der Waals surface area contributed by atoms with Crippen molar-refractivity contribution in [2.75, 3.05) is 31.6 Å². The molecule has 9 nitrogen and oxygen atoms in total. The Bertz CT molecular complexity index is 1130. The molecule has 2 aromatic rings. The van der Waals surface area contributed by atoms with Crippen LogP contribution in [0.3, 0.4) is 0 Å². The molecular formula is C21H27N3O6S2. The van der Waals surface area contributed by atoms with Crippen molar-refractivity contribution in [3.8, 4) is 5.75 Å². The summed E-state index contributed by atoms with van der Waals surface area (Å²) in [4.78, 5) is 11.3. The number of sulfonamides is 2. The maximum absolute atomic E-state index is 12.7. The summed E-state index contributed by atoms with van der Waals surface area (Å²) >= 11 is 0. The predicted octanol–water partition coefficient (Wildman–Crippen LogP) is 2.18. The molecule has 2 aromatic carbocycles. The van der Waals surface area contributed by atoms with Crippen LogP contribution in [0.5, 0.6) is 5.75 Å². The monoisotopic (exact) mass is 481 g/mol. The fourth-order valence-corrected chi connectivity index (χ4v) is 5.84. The first kappa shape index (κ1) is 24.2. The Labute approximate surface area is 188 Å². The standard InChI is InChI=1S/C21H27N3O6S2/c1-17(25)23-18-5-9-20(10-6-18)31(26,27)22-13-16-30-19-7-11-21(12-8-19)32(28,29)24-14-3-2-4-15-24/h5-12,22H,2-4,13-16H2,1H3,(H,23,25). The summed E-state index contributed by atoms with van der Waals surface area (Å²) in [7, 11) is -7.23. The molecule has 32 heavy (non-hydrogen) atoms. The average Bonchev–Trinajstić information content (AvgIpc) is 2.78. The second-order valence-corrected chi connectivity index (χ2v) is 11.1. The van der Waals surface area contributed by atoms with Gasteiger partial charge in [0.25, 0.3) is 0 Å². The Morgan fingerprint density at radius 2 is 1.50 bits per heavy atom. The van der Waals surface area contributed by atoms with E-state index in [1.54, 1.807) is 12.1 Å². The molecule has 174 valence electrons. The summed E-state index contributed by atoms with van der Waals surface area (Å²) in [6.45, 7) is 2.55. The topological polar surface area (TPSA) is 122 Å². The highest BCUT2D eigenvalue weighted by Gasteiger charge is 2.25. The van der Waals surface area contributed by atoms with Crippen LogP contribution in [0.4, 0.5) is 5.69 Å². The molecule has 0 saturated carbocycles. The third-order valence-electron chi connectivity index (χ3n) is 4.92. The fourth-order valence-electron chi connectivity index (χ4n) is 3.31. The molecular weight excluding hydrogens is 454 g/mol. The van der Waals surface area contributed by atoms with Crippen molar-refractivity contribution in [2.24, 2.45) is 0 Å². The van der Waals surface area contributed by atoms with E-state index in [0.29, 0.717) is 24.5 Å². The highest BCUT2D eigenvalue weighted by atomic mass is 32.2. The van der Waals surface area contributed by atoms with Gasteiger partial charge in [-0.1, -0.05) is 6.42 Å². The molecule has 0 atom stereocenters. The maximum Gasteiger partial charge on any atom is 0.243 e. The van der Waals surface area contributed by atoms with Crippen LogP contribution < -0.4 is 14.8 Å². The van der Waals surface area contributed by atoms with Gasteiger partial charge in [0.05, 0.1) is 9.79 Å². The molecule has 1 aliphatic heterocycles. The first-order valence-corrected chi connectivity index (χ1v) is 13.2. The Balaban J connectivity index is 1.50. The molecule has 0 radical (unpaired) electrons. The molecule has 1 saturated heterocycles. The van der Waals surface area contributed by atoms with Crippen molar-refractivity contribution in [3.63, 3.8) is 0 Å². The maximum atomic E-state index is 12.7. The predicted molar refractivity (Wildman–Crippen MR) is 120 cm³/mol. The molecule has 0 aliphatic carbocycles. The normalized spacial score (nSPS) is 15.3. The van der Waals surface area contributed by atoms with Gasteiger partial charge in [-0.05, 0) is 61.4 Å². The zero-order chi connectivity index (χ0) is 23.2. The molecule has 0 aromatic heterocycles. The van der Waals surface area contributed by atoms with E-state index >= 15 is 0 Å². The number of rotatable bonds is 9. The third kappa shape index (κ3) is 6.28. The summed E-state index contributed by atoms with van der Waals surface area (Å²) in [5, 5.41) is 2.57. The van der Waals surface area contributed by atoms with Gasteiger partial charge in [0.1, 0.15) is 12.4 Å². The zero-order valence-electron chi connectivity index (χ0n) is 17.8. The summed E-state index contributed by atoms with van der Waals surface area (Å²) in [6.07, 6.45) is 2.79. The largest absolute Gasteiger partial charge is 0.492 e. The molecule has 0 spiro atoms. The van der Waals surface area contributed by atoms with E-state index in [4.69, 9.17) is 4.74 Å². The summed E-state index contributed by atoms with van der Waals surface area (Å²) < 4.78 is 59.5. The van der Waals surface area contributed by atoms with Crippen LogP contribution in [0.2, 0.25) is 0 Å². The number of hydrogen-bond acceptors (Lipinski definition) is 6. The Morgan fingerprint density at radius 3 is 2.09 bits per heavy atom. The quantitative estimate of drug-likeness (QED) is 0.530. The molecule has 0 bridgehead atoms. The zero-order valence-corrected chi connectivity index (χ0v) is 19.4. The number of benzene rings is 2. The molecule has 1 fully saturated rings. The van der Waals surface area contributed by atoms with Gasteiger partial charge in [0, 0.05) is 32.2 Å². The third-order valence-corrected chi connectivity index (χ3v) is 8.31. The van der Waals surface area contributed by atoms with Crippen LogP contribution in [-0.2, 0) is 24.8 Å². The summed E-state index contributed by atoms with van der Waals surface area (Å²) in [6, 6.07) is 11.9. The van der Waals surface area contributed by atoms with E-state index in [0.717, 1.165) is 19.3 Å². The molecule has 11 heteroatoms. The number of nitrogens with one attached hydrogen (secondary N) is 2. The summed E-state index contributed by atoms with van der Waals surface area (Å²) in [5.74, 6) is 0.203. The molecule has 1 heterocycles. The minimum atomic E-state index is -3.73. The Kier molecular flexibility index (Phi) is 7.88. The van der Waals surface area contributed by atoms with Gasteiger partial charge < -0.3 is 10.1 Å². The van der Waals surface area contributed by atoms with Crippen molar-refractivity contribution in [2.45, 2.75) is 36.0 Å². The number of piperidine rings is 1. The van der Waals surface area contributed by atoms with Crippen LogP contribution in [0.1, 0.15) is 26.2 Å². The lowest BCUT2D eigenvalue weighted by atomic mass is 10.2. The van der Waals surface area contributed by atoms with Gasteiger partial charge >= 0.3 is 0 Å². The molecule has 2 N–H and O–H groups in total. The van der Waals surface area contributed by atoms with Gasteiger partial charge in [0.15, 0.2) is 0 Å². The number of amides is 1. The van der Waals surface area contributed by atoms with Gasteiger partial charge in [-0.15, -0.1) is 0 Å². The number of carbonyl (C=O) groups excluding carboxylic acids is 1. The number of hydrogen-bond donors (Lipinski definition) is 2. The van der Waals surface area contributed by atoms with Gasteiger partial charge in [0.2, 0.25) is 26.0 Å². The van der Waals surface area contributed by atoms with Crippen LogP contribution >= 0.6 is 0 Å². The van der Waals surface area contributed by atoms with Gasteiger partial charge in [-0.25, -0.2) is 21.6 Å². The SMILES string of the molecule is CC(=O)Nc1ccc(S(=O)(=O)NCCOc2ccc(S(=O)(=O)N3CCCCC3)cc2)cc1. The van der Waals surface area contributed by atoms with Gasteiger partial charge in [-0.3, -0.25) is 4.79 Å². The smallest absolute Gasteiger partial charge is 0.243 e. The summed E-state index contributed by atoms with van der Waals surface area (Å²) in [5.41, 5.74) is 0.505. The fraction of sp³-hybridized carbons (Fsp3) is 0.381. The van der Waals surface area contributed by atoms with Crippen LogP contribution in [0.15, 0.2) is 58.3 Å². The van der Waals surface area contributed by atoms with Crippen molar-refractivity contribution < 1.29 is 26.4 Å². The first-order chi connectivity index (χ1) is 15.2.